The number of ether oxygens (including phenoxy) is 1. The number of methoxy groups -OCH3 is 1. The van der Waals surface area contributed by atoms with Crippen LogP contribution in [0.15, 0.2) is 60.0 Å². The minimum atomic E-state index is -0.0969. The predicted molar refractivity (Wildman–Crippen MR) is 111 cm³/mol. The number of carbonyl (C=O) groups excluding carboxylic acids is 1. The molecule has 2 aromatic carbocycles. The number of hydrogen-bond acceptors (Lipinski definition) is 4. The number of nitrogens with zero attached hydrogens (tertiary/aromatic N) is 1. The number of nitrogens with one attached hydrogen (secondary N) is 1. The van der Waals surface area contributed by atoms with Crippen LogP contribution < -0.4 is 10.1 Å². The summed E-state index contributed by atoms with van der Waals surface area (Å²) in [5.74, 6) is 0.702. The molecule has 0 saturated carbocycles. The van der Waals surface area contributed by atoms with E-state index in [2.05, 4.69) is 39.9 Å². The van der Waals surface area contributed by atoms with Gasteiger partial charge in [0.05, 0.1) is 17.8 Å². The van der Waals surface area contributed by atoms with Gasteiger partial charge in [0, 0.05) is 23.6 Å². The van der Waals surface area contributed by atoms with Crippen LogP contribution in [0.4, 0.5) is 0 Å². The Bertz CT molecular complexity index is 912. The Morgan fingerprint density at radius 3 is 2.52 bits per heavy atom. The SMILES string of the molecule is COc1ccc(/C=C/C(=O)NCCc2ccc(-c3csc(C)n3)cc2)cc1. The van der Waals surface area contributed by atoms with Crippen molar-refractivity contribution >= 4 is 23.3 Å². The molecule has 1 amide bonds. The lowest BCUT2D eigenvalue weighted by molar-refractivity contribution is -0.116. The molecule has 0 aliphatic heterocycles. The molecule has 138 valence electrons. The third kappa shape index (κ3) is 5.53. The van der Waals surface area contributed by atoms with Gasteiger partial charge in [0.2, 0.25) is 5.91 Å². The van der Waals surface area contributed by atoms with Crippen LogP contribution in [0.1, 0.15) is 16.1 Å². The fourth-order valence-electron chi connectivity index (χ4n) is 2.61. The van der Waals surface area contributed by atoms with Crippen molar-refractivity contribution in [2.75, 3.05) is 13.7 Å². The zero-order valence-electron chi connectivity index (χ0n) is 15.4. The van der Waals surface area contributed by atoms with Gasteiger partial charge < -0.3 is 10.1 Å². The lowest BCUT2D eigenvalue weighted by Crippen LogP contribution is -2.23. The largest absolute Gasteiger partial charge is 0.497 e. The van der Waals surface area contributed by atoms with Crippen molar-refractivity contribution in [3.63, 3.8) is 0 Å². The maximum Gasteiger partial charge on any atom is 0.244 e. The summed E-state index contributed by atoms with van der Waals surface area (Å²) in [5, 5.41) is 6.05. The summed E-state index contributed by atoms with van der Waals surface area (Å²) < 4.78 is 5.12. The quantitative estimate of drug-likeness (QED) is 0.616. The molecule has 0 spiro atoms. The van der Waals surface area contributed by atoms with Crippen LogP contribution in [0.2, 0.25) is 0 Å². The van der Waals surface area contributed by atoms with Crippen LogP contribution in [-0.4, -0.2) is 24.5 Å². The van der Waals surface area contributed by atoms with Crippen molar-refractivity contribution in [2.24, 2.45) is 0 Å². The summed E-state index contributed by atoms with van der Waals surface area (Å²) in [6.45, 7) is 2.61. The molecule has 3 aromatic rings. The van der Waals surface area contributed by atoms with E-state index in [1.54, 1.807) is 30.6 Å². The molecule has 1 heterocycles. The van der Waals surface area contributed by atoms with Crippen molar-refractivity contribution in [3.8, 4) is 17.0 Å². The molecule has 27 heavy (non-hydrogen) atoms. The summed E-state index contributed by atoms with van der Waals surface area (Å²) in [5.41, 5.74) is 4.28. The van der Waals surface area contributed by atoms with Crippen LogP contribution in [0, 0.1) is 6.92 Å². The van der Waals surface area contributed by atoms with Crippen molar-refractivity contribution in [2.45, 2.75) is 13.3 Å². The molecule has 4 nitrogen and oxygen atoms in total. The third-order valence-corrected chi connectivity index (χ3v) is 4.90. The van der Waals surface area contributed by atoms with Gasteiger partial charge in [0.1, 0.15) is 5.75 Å². The first-order valence-electron chi connectivity index (χ1n) is 8.75. The van der Waals surface area contributed by atoms with E-state index in [0.29, 0.717) is 6.54 Å². The van der Waals surface area contributed by atoms with E-state index in [-0.39, 0.29) is 5.91 Å². The fraction of sp³-hybridized carbons (Fsp3) is 0.182. The van der Waals surface area contributed by atoms with Crippen LogP contribution in [-0.2, 0) is 11.2 Å². The molecule has 0 bridgehead atoms. The number of aromatic nitrogens is 1. The van der Waals surface area contributed by atoms with Crippen molar-refractivity contribution < 1.29 is 9.53 Å². The first kappa shape index (κ1) is 18.9. The molecule has 5 heteroatoms. The van der Waals surface area contributed by atoms with E-state index in [4.69, 9.17) is 4.74 Å². The van der Waals surface area contributed by atoms with Gasteiger partial charge in [-0.1, -0.05) is 36.4 Å². The van der Waals surface area contributed by atoms with Crippen LogP contribution >= 0.6 is 11.3 Å². The third-order valence-electron chi connectivity index (χ3n) is 4.12. The zero-order valence-corrected chi connectivity index (χ0v) is 16.3. The van der Waals surface area contributed by atoms with Crippen LogP contribution in [0.3, 0.4) is 0 Å². The van der Waals surface area contributed by atoms with E-state index >= 15 is 0 Å². The van der Waals surface area contributed by atoms with Crippen molar-refractivity contribution in [1.82, 2.24) is 10.3 Å². The summed E-state index contributed by atoms with van der Waals surface area (Å²) >= 11 is 1.65. The second-order valence-electron chi connectivity index (χ2n) is 6.10. The van der Waals surface area contributed by atoms with Crippen molar-refractivity contribution in [3.05, 3.63) is 76.1 Å². The summed E-state index contributed by atoms with van der Waals surface area (Å²) in [6, 6.07) is 15.9. The molecule has 0 radical (unpaired) electrons. The molecule has 0 aliphatic rings. The Labute approximate surface area is 163 Å². The standard InChI is InChI=1S/C22H22N2O2S/c1-16-24-21(15-27-16)19-8-3-18(4-9-19)13-14-23-22(25)12-7-17-5-10-20(26-2)11-6-17/h3-12,15H,13-14H2,1-2H3,(H,23,25)/b12-7+. The molecule has 1 N–H and O–H groups in total. The predicted octanol–water partition coefficient (Wildman–Crippen LogP) is 4.50. The lowest BCUT2D eigenvalue weighted by Gasteiger charge is -2.04. The highest BCUT2D eigenvalue weighted by atomic mass is 32.1. The molecule has 3 rings (SSSR count). The smallest absolute Gasteiger partial charge is 0.244 e. The minimum Gasteiger partial charge on any atom is -0.497 e. The minimum absolute atomic E-state index is 0.0969. The van der Waals surface area contributed by atoms with E-state index in [9.17, 15) is 4.79 Å². The highest BCUT2D eigenvalue weighted by Crippen LogP contribution is 2.21. The van der Waals surface area contributed by atoms with E-state index in [1.807, 2.05) is 31.2 Å². The fourth-order valence-corrected chi connectivity index (χ4v) is 3.24. The van der Waals surface area contributed by atoms with Gasteiger partial charge in [-0.15, -0.1) is 11.3 Å². The molecular formula is C22H22N2O2S. The maximum absolute atomic E-state index is 11.9. The van der Waals surface area contributed by atoms with Crippen LogP contribution in [0.5, 0.6) is 5.75 Å². The van der Waals surface area contributed by atoms with Gasteiger partial charge in [-0.25, -0.2) is 4.98 Å². The van der Waals surface area contributed by atoms with Gasteiger partial charge in [0.15, 0.2) is 0 Å². The number of carbonyl (C=O) groups is 1. The lowest BCUT2D eigenvalue weighted by atomic mass is 10.1. The Morgan fingerprint density at radius 2 is 1.89 bits per heavy atom. The van der Waals surface area contributed by atoms with Gasteiger partial charge in [-0.3, -0.25) is 4.79 Å². The van der Waals surface area contributed by atoms with Gasteiger partial charge >= 0.3 is 0 Å². The number of rotatable bonds is 7. The first-order chi connectivity index (χ1) is 13.1. The maximum atomic E-state index is 11.9. The summed E-state index contributed by atoms with van der Waals surface area (Å²) in [7, 11) is 1.63. The second-order valence-corrected chi connectivity index (χ2v) is 7.16. The monoisotopic (exact) mass is 378 g/mol. The highest BCUT2D eigenvalue weighted by molar-refractivity contribution is 7.09. The van der Waals surface area contributed by atoms with Gasteiger partial charge in [0.25, 0.3) is 0 Å². The number of thiazole rings is 1. The highest BCUT2D eigenvalue weighted by Gasteiger charge is 2.02. The number of aryl methyl sites for hydroxylation is 1. The van der Waals surface area contributed by atoms with Crippen molar-refractivity contribution in [1.29, 1.82) is 0 Å². The number of benzene rings is 2. The molecule has 0 unspecified atom stereocenters. The topological polar surface area (TPSA) is 51.2 Å². The van der Waals surface area contributed by atoms with E-state index < -0.39 is 0 Å². The molecule has 0 fully saturated rings. The Morgan fingerprint density at radius 1 is 1.15 bits per heavy atom. The van der Waals surface area contributed by atoms with E-state index in [1.165, 1.54) is 5.56 Å². The Kier molecular flexibility index (Phi) is 6.39. The molecule has 0 saturated heterocycles. The normalized spacial score (nSPS) is 10.9. The number of amides is 1. The Hall–Kier alpha value is -2.92. The first-order valence-corrected chi connectivity index (χ1v) is 9.63. The summed E-state index contributed by atoms with van der Waals surface area (Å²) in [6.07, 6.45) is 4.13. The number of hydrogen-bond donors (Lipinski definition) is 1. The molecule has 0 aliphatic carbocycles. The molecule has 0 atom stereocenters. The summed E-state index contributed by atoms with van der Waals surface area (Å²) in [4.78, 5) is 16.4. The average molecular weight is 378 g/mol. The zero-order chi connectivity index (χ0) is 19.1. The molecule has 1 aromatic heterocycles. The molecular weight excluding hydrogens is 356 g/mol. The van der Waals surface area contributed by atoms with E-state index in [0.717, 1.165) is 34.0 Å². The van der Waals surface area contributed by atoms with Gasteiger partial charge in [-0.2, -0.15) is 0 Å². The van der Waals surface area contributed by atoms with Crippen LogP contribution in [0.25, 0.3) is 17.3 Å². The van der Waals surface area contributed by atoms with Gasteiger partial charge in [-0.05, 0) is 42.7 Å². The Balaban J connectivity index is 1.46. The second kappa shape index (κ2) is 9.14. The average Bonchev–Trinajstić information content (AvgIpc) is 3.13.